The molecule has 1 saturated heterocycles. The minimum atomic E-state index is -0.682. The van der Waals surface area contributed by atoms with Crippen LogP contribution in [0.3, 0.4) is 0 Å². The van der Waals surface area contributed by atoms with Crippen molar-refractivity contribution in [2.75, 3.05) is 19.6 Å². The molecule has 1 aliphatic rings. The number of nitrogens with one attached hydrogen (secondary N) is 2. The third-order valence-corrected chi connectivity index (χ3v) is 6.03. The van der Waals surface area contributed by atoms with Gasteiger partial charge in [-0.3, -0.25) is 14.4 Å². The van der Waals surface area contributed by atoms with Crippen molar-refractivity contribution in [2.45, 2.75) is 39.7 Å². The molecule has 1 aliphatic heterocycles. The third-order valence-electron chi connectivity index (χ3n) is 6.03. The topological polar surface area (TPSA) is 78.5 Å². The molecule has 33 heavy (non-hydrogen) atoms. The van der Waals surface area contributed by atoms with E-state index in [-0.39, 0.29) is 35.4 Å². The second-order valence-corrected chi connectivity index (χ2v) is 9.04. The molecular weight excluding hydrogens is 421 g/mol. The number of hydrogen-bond acceptors (Lipinski definition) is 3. The normalized spacial score (nSPS) is 15.2. The number of likely N-dealkylation sites (tertiary alicyclic amines) is 1. The number of rotatable bonds is 7. The molecule has 3 amide bonds. The number of carbonyl (C=O) groups is 3. The molecule has 1 heterocycles. The van der Waals surface area contributed by atoms with Crippen LogP contribution in [-0.2, 0) is 4.79 Å². The molecule has 0 saturated carbocycles. The fourth-order valence-corrected chi connectivity index (χ4v) is 4.07. The number of nitrogens with zero attached hydrogens (tertiary/aromatic N) is 1. The van der Waals surface area contributed by atoms with Crippen molar-refractivity contribution in [3.8, 4) is 0 Å². The Hall–Kier alpha value is -3.22. The molecule has 2 aromatic rings. The Balaban J connectivity index is 1.69. The molecule has 0 spiro atoms. The predicted octanol–water partition coefficient (Wildman–Crippen LogP) is 3.56. The van der Waals surface area contributed by atoms with E-state index >= 15 is 0 Å². The molecular formula is C26H32FN3O3. The lowest BCUT2D eigenvalue weighted by atomic mass is 9.88. The molecule has 1 unspecified atom stereocenters. The molecule has 0 radical (unpaired) electrons. The standard InChI is InChI=1S/C26H32FN3O3/c1-17(2)16-28-25(32)23(29-24(31)22-7-5-4-6-18(22)3)19-12-14-30(15-13-19)26(33)20-8-10-21(27)11-9-20/h4-11,17,19,23H,12-16H2,1-3H3,(H,28,32)(H,29,31). The summed E-state index contributed by atoms with van der Waals surface area (Å²) in [5.41, 5.74) is 1.83. The molecule has 2 N–H and O–H groups in total. The highest BCUT2D eigenvalue weighted by Crippen LogP contribution is 2.23. The van der Waals surface area contributed by atoms with Gasteiger partial charge in [0.1, 0.15) is 11.9 Å². The van der Waals surface area contributed by atoms with Crippen LogP contribution < -0.4 is 10.6 Å². The maximum Gasteiger partial charge on any atom is 0.253 e. The molecule has 0 bridgehead atoms. The summed E-state index contributed by atoms with van der Waals surface area (Å²) < 4.78 is 13.2. The van der Waals surface area contributed by atoms with Crippen LogP contribution in [0.5, 0.6) is 0 Å². The van der Waals surface area contributed by atoms with Gasteiger partial charge in [-0.25, -0.2) is 4.39 Å². The van der Waals surface area contributed by atoms with Crippen LogP contribution in [0, 0.1) is 24.6 Å². The summed E-state index contributed by atoms with van der Waals surface area (Å²) in [5, 5.41) is 5.90. The first-order valence-corrected chi connectivity index (χ1v) is 11.4. The van der Waals surface area contributed by atoms with E-state index in [4.69, 9.17) is 0 Å². The summed E-state index contributed by atoms with van der Waals surface area (Å²) >= 11 is 0. The lowest BCUT2D eigenvalue weighted by molar-refractivity contribution is -0.124. The summed E-state index contributed by atoms with van der Waals surface area (Å²) in [4.78, 5) is 40.5. The van der Waals surface area contributed by atoms with Gasteiger partial charge in [0, 0.05) is 30.8 Å². The van der Waals surface area contributed by atoms with Crippen molar-refractivity contribution in [3.05, 3.63) is 71.0 Å². The molecule has 0 aliphatic carbocycles. The van der Waals surface area contributed by atoms with Gasteiger partial charge in [0.05, 0.1) is 0 Å². The molecule has 0 aromatic heterocycles. The average molecular weight is 454 g/mol. The fraction of sp³-hybridized carbons (Fsp3) is 0.423. The molecule has 6 nitrogen and oxygen atoms in total. The Morgan fingerprint density at radius 2 is 1.67 bits per heavy atom. The van der Waals surface area contributed by atoms with Gasteiger partial charge in [0.15, 0.2) is 0 Å². The molecule has 176 valence electrons. The number of piperidine rings is 1. The Morgan fingerprint density at radius 3 is 2.27 bits per heavy atom. The first kappa shape index (κ1) is 24.4. The monoisotopic (exact) mass is 453 g/mol. The van der Waals surface area contributed by atoms with E-state index in [2.05, 4.69) is 10.6 Å². The number of carbonyl (C=O) groups excluding carboxylic acids is 3. The van der Waals surface area contributed by atoms with Crippen LogP contribution in [-0.4, -0.2) is 48.3 Å². The minimum Gasteiger partial charge on any atom is -0.354 e. The Kier molecular flexibility index (Phi) is 8.20. The average Bonchev–Trinajstić information content (AvgIpc) is 2.81. The Bertz CT molecular complexity index is 983. The van der Waals surface area contributed by atoms with E-state index in [0.717, 1.165) is 5.56 Å². The van der Waals surface area contributed by atoms with Crippen LogP contribution >= 0.6 is 0 Å². The number of benzene rings is 2. The van der Waals surface area contributed by atoms with Gasteiger partial charge < -0.3 is 15.5 Å². The summed E-state index contributed by atoms with van der Waals surface area (Å²) in [5.74, 6) is -0.820. The predicted molar refractivity (Wildman–Crippen MR) is 125 cm³/mol. The summed E-state index contributed by atoms with van der Waals surface area (Å²) in [6.07, 6.45) is 1.17. The van der Waals surface area contributed by atoms with Crippen LogP contribution in [0.1, 0.15) is 53.0 Å². The maximum atomic E-state index is 13.2. The van der Waals surface area contributed by atoms with E-state index in [1.54, 1.807) is 17.0 Å². The van der Waals surface area contributed by atoms with E-state index < -0.39 is 6.04 Å². The molecule has 1 fully saturated rings. The Labute approximate surface area is 194 Å². The van der Waals surface area contributed by atoms with Gasteiger partial charge in [-0.2, -0.15) is 0 Å². The highest BCUT2D eigenvalue weighted by molar-refractivity contribution is 5.98. The van der Waals surface area contributed by atoms with Gasteiger partial charge in [0.25, 0.3) is 11.8 Å². The Morgan fingerprint density at radius 1 is 1.03 bits per heavy atom. The van der Waals surface area contributed by atoms with E-state index in [9.17, 15) is 18.8 Å². The largest absolute Gasteiger partial charge is 0.354 e. The van der Waals surface area contributed by atoms with Gasteiger partial charge in [0.2, 0.25) is 5.91 Å². The number of amides is 3. The van der Waals surface area contributed by atoms with Gasteiger partial charge in [-0.05, 0) is 67.5 Å². The minimum absolute atomic E-state index is 0.0950. The highest BCUT2D eigenvalue weighted by Gasteiger charge is 2.34. The smallest absolute Gasteiger partial charge is 0.253 e. The van der Waals surface area contributed by atoms with Crippen LogP contribution in [0.4, 0.5) is 4.39 Å². The van der Waals surface area contributed by atoms with Gasteiger partial charge >= 0.3 is 0 Å². The molecule has 3 rings (SSSR count). The fourth-order valence-electron chi connectivity index (χ4n) is 4.07. The van der Waals surface area contributed by atoms with Crippen molar-refractivity contribution in [2.24, 2.45) is 11.8 Å². The van der Waals surface area contributed by atoms with Crippen LogP contribution in [0.2, 0.25) is 0 Å². The summed E-state index contributed by atoms with van der Waals surface area (Å²) in [7, 11) is 0. The van der Waals surface area contributed by atoms with Crippen molar-refractivity contribution in [1.82, 2.24) is 15.5 Å². The van der Waals surface area contributed by atoms with Crippen LogP contribution in [0.25, 0.3) is 0 Å². The SMILES string of the molecule is Cc1ccccc1C(=O)NC(C(=O)NCC(C)C)C1CCN(C(=O)c2ccc(F)cc2)CC1. The highest BCUT2D eigenvalue weighted by atomic mass is 19.1. The maximum absolute atomic E-state index is 13.2. The molecule has 2 aromatic carbocycles. The quantitative estimate of drug-likeness (QED) is 0.673. The van der Waals surface area contributed by atoms with Gasteiger partial charge in [-0.15, -0.1) is 0 Å². The second-order valence-electron chi connectivity index (χ2n) is 9.04. The van der Waals surface area contributed by atoms with Crippen molar-refractivity contribution in [1.29, 1.82) is 0 Å². The summed E-state index contributed by atoms with van der Waals surface area (Å²) in [6, 6.07) is 12.1. The van der Waals surface area contributed by atoms with Crippen LogP contribution in [0.15, 0.2) is 48.5 Å². The lowest BCUT2D eigenvalue weighted by Gasteiger charge is -2.36. The summed E-state index contributed by atoms with van der Waals surface area (Å²) in [6.45, 7) is 7.35. The first-order chi connectivity index (χ1) is 15.8. The lowest BCUT2D eigenvalue weighted by Crippen LogP contribution is -2.54. The zero-order chi connectivity index (χ0) is 24.0. The van der Waals surface area contributed by atoms with E-state index in [1.807, 2.05) is 32.9 Å². The van der Waals surface area contributed by atoms with Crippen molar-refractivity contribution in [3.63, 3.8) is 0 Å². The van der Waals surface area contributed by atoms with Crippen molar-refractivity contribution < 1.29 is 18.8 Å². The van der Waals surface area contributed by atoms with E-state index in [1.165, 1.54) is 24.3 Å². The van der Waals surface area contributed by atoms with Gasteiger partial charge in [-0.1, -0.05) is 32.0 Å². The molecule has 7 heteroatoms. The first-order valence-electron chi connectivity index (χ1n) is 11.4. The zero-order valence-electron chi connectivity index (χ0n) is 19.4. The van der Waals surface area contributed by atoms with E-state index in [0.29, 0.717) is 43.6 Å². The second kappa shape index (κ2) is 11.1. The zero-order valence-corrected chi connectivity index (χ0v) is 19.4. The number of halogens is 1. The van der Waals surface area contributed by atoms with Crippen molar-refractivity contribution >= 4 is 17.7 Å². The number of hydrogen-bond donors (Lipinski definition) is 2. The molecule has 1 atom stereocenters. The third kappa shape index (κ3) is 6.40. The number of aryl methyl sites for hydroxylation is 1.